The molecule has 1 aromatic carbocycles. The molecule has 0 aliphatic carbocycles. The summed E-state index contributed by atoms with van der Waals surface area (Å²) < 4.78 is 0. The molecule has 0 saturated heterocycles. The van der Waals surface area contributed by atoms with Crippen molar-refractivity contribution in [2.45, 2.75) is 25.2 Å². The van der Waals surface area contributed by atoms with Crippen LogP contribution >= 0.6 is 12.2 Å². The predicted octanol–water partition coefficient (Wildman–Crippen LogP) is -1.81. The molecule has 0 bridgehead atoms. The van der Waals surface area contributed by atoms with E-state index in [-0.39, 0.29) is 11.7 Å². The second kappa shape index (κ2) is 8.87. The highest BCUT2D eigenvalue weighted by atomic mass is 32.1. The Bertz CT molecular complexity index is 540. The summed E-state index contributed by atoms with van der Waals surface area (Å²) >= 11 is 4.91. The highest BCUT2D eigenvalue weighted by Gasteiger charge is 2.29. The van der Waals surface area contributed by atoms with Crippen LogP contribution in [-0.2, 0) is 4.79 Å². The van der Waals surface area contributed by atoms with Crippen LogP contribution in [0.4, 0.5) is 5.69 Å². The molecule has 3 atom stereocenters. The summed E-state index contributed by atoms with van der Waals surface area (Å²) in [5, 5.41) is 38.3. The van der Waals surface area contributed by atoms with Crippen molar-refractivity contribution in [1.82, 2.24) is 5.43 Å². The molecule has 0 radical (unpaired) electrons. The lowest BCUT2D eigenvalue weighted by Gasteiger charge is -2.25. The van der Waals surface area contributed by atoms with Gasteiger partial charge in [0.15, 0.2) is 10.9 Å². The first-order chi connectivity index (χ1) is 10.8. The lowest BCUT2D eigenvalue weighted by molar-refractivity contribution is -0.139. The topological polar surface area (TPSA) is 139 Å². The van der Waals surface area contributed by atoms with Crippen molar-refractivity contribution in [2.24, 2.45) is 5.73 Å². The summed E-state index contributed by atoms with van der Waals surface area (Å²) in [5.74, 6) is -0.793. The first-order valence-electron chi connectivity index (χ1n) is 6.85. The Morgan fingerprint density at radius 3 is 2.35 bits per heavy atom. The van der Waals surface area contributed by atoms with Gasteiger partial charge in [0.1, 0.15) is 18.3 Å². The molecule has 128 valence electrons. The summed E-state index contributed by atoms with van der Waals surface area (Å²) in [5.41, 5.74) is 9.88. The summed E-state index contributed by atoms with van der Waals surface area (Å²) in [7, 11) is 0. The molecule has 0 heterocycles. The van der Waals surface area contributed by atoms with Gasteiger partial charge in [-0.05, 0) is 31.3 Å². The van der Waals surface area contributed by atoms with Crippen LogP contribution in [0.25, 0.3) is 0 Å². The van der Waals surface area contributed by atoms with Gasteiger partial charge in [-0.25, -0.2) is 5.43 Å². The first-order valence-corrected chi connectivity index (χ1v) is 7.26. The van der Waals surface area contributed by atoms with Crippen molar-refractivity contribution in [1.29, 1.82) is 0 Å². The normalized spacial score (nSPS) is 14.8. The summed E-state index contributed by atoms with van der Waals surface area (Å²) in [6, 6.07) is 7.15. The number of ketones is 1. The van der Waals surface area contributed by atoms with Gasteiger partial charge in [0, 0.05) is 0 Å². The van der Waals surface area contributed by atoms with E-state index in [1.54, 1.807) is 12.1 Å². The molecule has 0 aliphatic heterocycles. The second-order valence-electron chi connectivity index (χ2n) is 5.00. The number of benzene rings is 1. The van der Waals surface area contributed by atoms with Crippen molar-refractivity contribution < 1.29 is 25.2 Å². The van der Waals surface area contributed by atoms with E-state index in [0.29, 0.717) is 5.69 Å². The Kier molecular flexibility index (Phi) is 7.49. The Labute approximate surface area is 139 Å². The average Bonchev–Trinajstić information content (AvgIpc) is 2.53. The van der Waals surface area contributed by atoms with Crippen molar-refractivity contribution in [3.8, 4) is 0 Å². The molecule has 0 saturated carbocycles. The third-order valence-electron chi connectivity index (χ3n) is 3.16. The van der Waals surface area contributed by atoms with Gasteiger partial charge in [0.05, 0.1) is 18.8 Å². The van der Waals surface area contributed by atoms with E-state index in [4.69, 9.17) is 23.1 Å². The SMILES string of the molecule is Cc1ccc(N(NCC(=O)[C@@H](O)[C@H](O)[C@H](O)CO)C(N)=S)cc1. The van der Waals surface area contributed by atoms with Crippen LogP contribution in [0.5, 0.6) is 0 Å². The predicted molar refractivity (Wildman–Crippen MR) is 88.6 cm³/mol. The van der Waals surface area contributed by atoms with Crippen LogP contribution in [0.15, 0.2) is 24.3 Å². The van der Waals surface area contributed by atoms with Crippen LogP contribution in [0.2, 0.25) is 0 Å². The molecule has 1 aromatic rings. The smallest absolute Gasteiger partial charge is 0.185 e. The fraction of sp³-hybridized carbons (Fsp3) is 0.429. The summed E-state index contributed by atoms with van der Waals surface area (Å²) in [6.07, 6.45) is -5.25. The minimum Gasteiger partial charge on any atom is -0.394 e. The van der Waals surface area contributed by atoms with Crippen molar-refractivity contribution >= 4 is 28.8 Å². The largest absolute Gasteiger partial charge is 0.394 e. The van der Waals surface area contributed by atoms with E-state index < -0.39 is 30.7 Å². The number of nitrogens with one attached hydrogen (secondary N) is 1. The van der Waals surface area contributed by atoms with E-state index in [1.165, 1.54) is 5.01 Å². The second-order valence-corrected chi connectivity index (χ2v) is 5.41. The van der Waals surface area contributed by atoms with Crippen LogP contribution < -0.4 is 16.2 Å². The summed E-state index contributed by atoms with van der Waals surface area (Å²) in [4.78, 5) is 11.8. The van der Waals surface area contributed by atoms with Gasteiger partial charge in [-0.3, -0.25) is 9.80 Å². The minimum absolute atomic E-state index is 0.0351. The lowest BCUT2D eigenvalue weighted by Crippen LogP contribution is -2.52. The molecular weight excluding hydrogens is 322 g/mol. The highest BCUT2D eigenvalue weighted by molar-refractivity contribution is 7.80. The number of carbonyl (C=O) groups is 1. The molecule has 9 heteroatoms. The van der Waals surface area contributed by atoms with Gasteiger partial charge in [-0.2, -0.15) is 0 Å². The maximum absolute atomic E-state index is 11.8. The number of hydrogen-bond acceptors (Lipinski definition) is 7. The first kappa shape index (κ1) is 19.4. The number of aliphatic hydroxyl groups is 4. The number of Topliss-reactive ketones (excluding diaryl/α,β-unsaturated/α-hetero) is 1. The molecule has 7 N–H and O–H groups in total. The Morgan fingerprint density at radius 1 is 1.30 bits per heavy atom. The Balaban J connectivity index is 2.70. The van der Waals surface area contributed by atoms with Crippen LogP contribution in [-0.4, -0.2) is 62.8 Å². The van der Waals surface area contributed by atoms with E-state index in [1.807, 2.05) is 19.1 Å². The number of thiocarbonyl (C=S) groups is 1. The molecule has 0 fully saturated rings. The van der Waals surface area contributed by atoms with Crippen molar-refractivity contribution in [2.75, 3.05) is 18.2 Å². The van der Waals surface area contributed by atoms with Gasteiger partial charge in [-0.15, -0.1) is 0 Å². The zero-order chi connectivity index (χ0) is 17.6. The van der Waals surface area contributed by atoms with Gasteiger partial charge in [0.2, 0.25) is 0 Å². The zero-order valence-electron chi connectivity index (χ0n) is 12.6. The van der Waals surface area contributed by atoms with Crippen molar-refractivity contribution in [3.05, 3.63) is 29.8 Å². The summed E-state index contributed by atoms with van der Waals surface area (Å²) in [6.45, 7) is 0.749. The Hall–Kier alpha value is -1.62. The number of rotatable bonds is 8. The number of hydrazine groups is 1. The average molecular weight is 343 g/mol. The maximum atomic E-state index is 11.8. The minimum atomic E-state index is -1.85. The quantitative estimate of drug-likeness (QED) is 0.238. The van der Waals surface area contributed by atoms with Crippen LogP contribution in [0, 0.1) is 6.92 Å². The maximum Gasteiger partial charge on any atom is 0.185 e. The number of aryl methyl sites for hydroxylation is 1. The fourth-order valence-corrected chi connectivity index (χ4v) is 1.93. The fourth-order valence-electron chi connectivity index (χ4n) is 1.76. The van der Waals surface area contributed by atoms with Crippen LogP contribution in [0.1, 0.15) is 5.56 Å². The third kappa shape index (κ3) is 5.50. The van der Waals surface area contributed by atoms with Gasteiger partial charge in [-0.1, -0.05) is 17.7 Å². The Morgan fingerprint density at radius 2 is 1.87 bits per heavy atom. The molecular formula is C14H21N3O5S. The molecule has 0 unspecified atom stereocenters. The number of aliphatic hydroxyl groups excluding tert-OH is 4. The number of hydrogen-bond donors (Lipinski definition) is 6. The van der Waals surface area contributed by atoms with E-state index >= 15 is 0 Å². The van der Waals surface area contributed by atoms with E-state index in [2.05, 4.69) is 5.43 Å². The number of anilines is 1. The molecule has 8 nitrogen and oxygen atoms in total. The number of carbonyl (C=O) groups excluding carboxylic acids is 1. The van der Waals surface area contributed by atoms with E-state index in [0.717, 1.165) is 5.56 Å². The molecule has 23 heavy (non-hydrogen) atoms. The molecule has 0 aliphatic rings. The molecule has 0 aromatic heterocycles. The van der Waals surface area contributed by atoms with Crippen LogP contribution in [0.3, 0.4) is 0 Å². The molecule has 1 rings (SSSR count). The van der Waals surface area contributed by atoms with Gasteiger partial charge in [0.25, 0.3) is 0 Å². The van der Waals surface area contributed by atoms with Crippen molar-refractivity contribution in [3.63, 3.8) is 0 Å². The zero-order valence-corrected chi connectivity index (χ0v) is 13.4. The van der Waals surface area contributed by atoms with Gasteiger partial charge >= 0.3 is 0 Å². The third-order valence-corrected chi connectivity index (χ3v) is 3.34. The van der Waals surface area contributed by atoms with Gasteiger partial charge < -0.3 is 26.2 Å². The standard InChI is InChI=1S/C14H21N3O5S/c1-8-2-4-9(5-3-8)17(14(15)23)16-6-10(19)12(21)13(22)11(20)7-18/h2-5,11-13,16,18,20-22H,6-7H2,1H3,(H2,15,23)/t11-,12-,13-/m1/s1. The molecule has 0 spiro atoms. The lowest BCUT2D eigenvalue weighted by atomic mass is 10.0. The number of nitrogens with two attached hydrogens (primary N) is 1. The molecule has 0 amide bonds. The highest BCUT2D eigenvalue weighted by Crippen LogP contribution is 2.13. The number of nitrogens with zero attached hydrogens (tertiary/aromatic N) is 1. The van der Waals surface area contributed by atoms with E-state index in [9.17, 15) is 20.1 Å². The monoisotopic (exact) mass is 343 g/mol.